The zero-order chi connectivity index (χ0) is 28.5. The van der Waals surface area contributed by atoms with Gasteiger partial charge in [0.25, 0.3) is 0 Å². The predicted octanol–water partition coefficient (Wildman–Crippen LogP) is 0.993. The third kappa shape index (κ3) is 6.45. The van der Waals surface area contributed by atoms with Crippen LogP contribution in [0.3, 0.4) is 0 Å². The maximum Gasteiger partial charge on any atom is 0.408 e. The van der Waals surface area contributed by atoms with Crippen molar-refractivity contribution in [2.24, 2.45) is 23.2 Å². The van der Waals surface area contributed by atoms with E-state index in [0.29, 0.717) is 13.0 Å². The second-order valence-electron chi connectivity index (χ2n) is 12.2. The molecule has 214 valence electrons. The Morgan fingerprint density at radius 1 is 1.13 bits per heavy atom. The standard InChI is InChI=1S/C27H39N5O7/c1-14(2)18-7-9-32-20(18)23(34)29-16(13-28)11-15-12-19(30-22(15)33)25(36)38-10-8-27(3,4)21(24(32)35)31-26(37)39-17-5-6-17/h14-21H,5-12H2,1-4H3,(H,29,34)(H,30,33)(H,31,37)/t15?,16-,18+,19-,20-,21+/m0/s1. The summed E-state index contributed by atoms with van der Waals surface area (Å²) < 4.78 is 10.8. The van der Waals surface area contributed by atoms with Crippen LogP contribution in [-0.4, -0.2) is 78.1 Å². The number of nitriles is 1. The van der Waals surface area contributed by atoms with E-state index in [9.17, 15) is 29.2 Å². The van der Waals surface area contributed by atoms with Gasteiger partial charge in [0.1, 0.15) is 30.3 Å². The highest BCUT2D eigenvalue weighted by Crippen LogP contribution is 2.35. The van der Waals surface area contributed by atoms with Crippen molar-refractivity contribution in [3.63, 3.8) is 0 Å². The van der Waals surface area contributed by atoms with Gasteiger partial charge < -0.3 is 30.3 Å². The Labute approximate surface area is 228 Å². The summed E-state index contributed by atoms with van der Waals surface area (Å²) in [6.07, 6.45) is 1.69. The van der Waals surface area contributed by atoms with E-state index < -0.39 is 59.4 Å². The van der Waals surface area contributed by atoms with Crippen molar-refractivity contribution < 1.29 is 33.4 Å². The lowest BCUT2D eigenvalue weighted by atomic mass is 9.80. The van der Waals surface area contributed by atoms with Gasteiger partial charge in [-0.1, -0.05) is 27.7 Å². The van der Waals surface area contributed by atoms with Gasteiger partial charge in [-0.2, -0.15) is 5.26 Å². The minimum absolute atomic E-state index is 0.0364. The SMILES string of the molecule is CC(C)[C@H]1CCN2C(=O)[C@@H](NC(=O)OC3CC3)C(C)(C)CCOC(=O)[C@@H]3CC(C[C@@H](C#N)NC(=O)[C@H]12)C(=O)N3. The molecule has 3 aliphatic heterocycles. The first-order valence-corrected chi connectivity index (χ1v) is 13.9. The summed E-state index contributed by atoms with van der Waals surface area (Å²) in [5.74, 6) is -2.59. The Morgan fingerprint density at radius 3 is 2.49 bits per heavy atom. The normalized spacial score (nSPS) is 33.5. The van der Waals surface area contributed by atoms with Crippen LogP contribution < -0.4 is 16.0 Å². The number of hydrogen-bond donors (Lipinski definition) is 3. The van der Waals surface area contributed by atoms with Gasteiger partial charge >= 0.3 is 12.1 Å². The number of fused-ring (bicyclic) bond motifs is 3. The van der Waals surface area contributed by atoms with E-state index in [2.05, 4.69) is 22.0 Å². The number of nitrogens with one attached hydrogen (secondary N) is 3. The number of nitrogens with zero attached hydrogens (tertiary/aromatic N) is 2. The first kappa shape index (κ1) is 28.6. The number of rotatable bonds is 3. The van der Waals surface area contributed by atoms with Gasteiger partial charge in [-0.25, -0.2) is 9.59 Å². The molecule has 39 heavy (non-hydrogen) atoms. The monoisotopic (exact) mass is 545 g/mol. The van der Waals surface area contributed by atoms with E-state index in [4.69, 9.17) is 9.47 Å². The first-order valence-electron chi connectivity index (χ1n) is 13.9. The molecule has 6 atom stereocenters. The maximum atomic E-state index is 14.1. The number of cyclic esters (lactones) is 1. The number of alkyl carbamates (subject to hydrolysis) is 1. The second-order valence-corrected chi connectivity index (χ2v) is 12.2. The highest BCUT2D eigenvalue weighted by molar-refractivity contribution is 5.93. The Bertz CT molecular complexity index is 1050. The van der Waals surface area contributed by atoms with Gasteiger partial charge in [0, 0.05) is 12.5 Å². The Balaban J connectivity index is 1.67. The summed E-state index contributed by atoms with van der Waals surface area (Å²) in [4.78, 5) is 67.2. The molecular formula is C27H39N5O7. The van der Waals surface area contributed by atoms with Crippen LogP contribution >= 0.6 is 0 Å². The van der Waals surface area contributed by atoms with Gasteiger partial charge in [0.15, 0.2) is 0 Å². The van der Waals surface area contributed by atoms with Crippen LogP contribution in [0.1, 0.15) is 66.2 Å². The van der Waals surface area contributed by atoms with E-state index in [-0.39, 0.29) is 49.7 Å². The minimum atomic E-state index is -1.06. The van der Waals surface area contributed by atoms with Crippen molar-refractivity contribution in [3.8, 4) is 6.07 Å². The molecule has 4 fully saturated rings. The van der Waals surface area contributed by atoms with Gasteiger partial charge in [-0.15, -0.1) is 0 Å². The number of carbonyl (C=O) groups excluding carboxylic acids is 5. The topological polar surface area (TPSA) is 167 Å². The summed E-state index contributed by atoms with van der Waals surface area (Å²) in [6.45, 7) is 7.81. The molecule has 2 bridgehead atoms. The molecule has 3 heterocycles. The molecule has 3 N–H and O–H groups in total. The van der Waals surface area contributed by atoms with E-state index >= 15 is 0 Å². The third-order valence-electron chi connectivity index (χ3n) is 8.42. The Kier molecular flexibility index (Phi) is 8.37. The zero-order valence-electron chi connectivity index (χ0n) is 23.0. The van der Waals surface area contributed by atoms with Crippen molar-refractivity contribution >= 4 is 29.8 Å². The van der Waals surface area contributed by atoms with Crippen molar-refractivity contribution in [2.45, 2.75) is 96.5 Å². The fraction of sp³-hybridized carbons (Fsp3) is 0.778. The largest absolute Gasteiger partial charge is 0.464 e. The fourth-order valence-corrected chi connectivity index (χ4v) is 5.79. The second kappa shape index (κ2) is 11.4. The summed E-state index contributed by atoms with van der Waals surface area (Å²) >= 11 is 0. The number of hydrogen-bond acceptors (Lipinski definition) is 8. The zero-order valence-corrected chi connectivity index (χ0v) is 23.0. The molecule has 12 nitrogen and oxygen atoms in total. The predicted molar refractivity (Wildman–Crippen MR) is 136 cm³/mol. The average Bonchev–Trinajstić information content (AvgIpc) is 3.43. The lowest BCUT2D eigenvalue weighted by Crippen LogP contribution is -2.60. The molecule has 0 aromatic carbocycles. The molecule has 0 spiro atoms. The third-order valence-corrected chi connectivity index (χ3v) is 8.42. The molecule has 4 amide bonds. The van der Waals surface area contributed by atoms with E-state index in [0.717, 1.165) is 12.8 Å². The van der Waals surface area contributed by atoms with Crippen LogP contribution in [0.2, 0.25) is 0 Å². The maximum absolute atomic E-state index is 14.1. The smallest absolute Gasteiger partial charge is 0.408 e. The summed E-state index contributed by atoms with van der Waals surface area (Å²) in [5, 5.41) is 17.9. The van der Waals surface area contributed by atoms with Crippen LogP contribution in [0.25, 0.3) is 0 Å². The lowest BCUT2D eigenvalue weighted by molar-refractivity contribution is -0.148. The van der Waals surface area contributed by atoms with E-state index in [1.54, 1.807) is 13.8 Å². The van der Waals surface area contributed by atoms with Crippen LogP contribution in [0.15, 0.2) is 0 Å². The molecule has 0 radical (unpaired) electrons. The minimum Gasteiger partial charge on any atom is -0.464 e. The van der Waals surface area contributed by atoms with Crippen LogP contribution in [0.4, 0.5) is 4.79 Å². The van der Waals surface area contributed by atoms with Crippen LogP contribution in [0.5, 0.6) is 0 Å². The van der Waals surface area contributed by atoms with Crippen molar-refractivity contribution in [1.29, 1.82) is 5.26 Å². The average molecular weight is 546 g/mol. The number of carbonyl (C=O) groups is 5. The van der Waals surface area contributed by atoms with Gasteiger partial charge in [0.05, 0.1) is 12.7 Å². The Hall–Kier alpha value is -3.36. The molecule has 4 aliphatic rings. The molecule has 1 saturated carbocycles. The fourth-order valence-electron chi connectivity index (χ4n) is 5.79. The molecule has 1 unspecified atom stereocenters. The summed E-state index contributed by atoms with van der Waals surface area (Å²) in [6, 6.07) is -1.69. The summed E-state index contributed by atoms with van der Waals surface area (Å²) in [7, 11) is 0. The van der Waals surface area contributed by atoms with Gasteiger partial charge in [-0.05, 0) is 55.8 Å². The van der Waals surface area contributed by atoms with Crippen molar-refractivity contribution in [3.05, 3.63) is 0 Å². The van der Waals surface area contributed by atoms with Crippen LogP contribution in [-0.2, 0) is 28.7 Å². The molecule has 3 saturated heterocycles. The molecule has 12 heteroatoms. The van der Waals surface area contributed by atoms with Gasteiger partial charge in [0.2, 0.25) is 17.7 Å². The quantitative estimate of drug-likeness (QED) is 0.442. The Morgan fingerprint density at radius 2 is 1.85 bits per heavy atom. The molecule has 0 aromatic heterocycles. The van der Waals surface area contributed by atoms with Crippen molar-refractivity contribution in [2.75, 3.05) is 13.2 Å². The molecule has 1 aliphatic carbocycles. The van der Waals surface area contributed by atoms with E-state index in [1.165, 1.54) is 4.90 Å². The van der Waals surface area contributed by atoms with Crippen LogP contribution in [0, 0.1) is 34.5 Å². The van der Waals surface area contributed by atoms with Gasteiger partial charge in [-0.3, -0.25) is 14.4 Å². The molecule has 4 rings (SSSR count). The highest BCUT2D eigenvalue weighted by Gasteiger charge is 2.49. The first-order chi connectivity index (χ1) is 18.4. The summed E-state index contributed by atoms with van der Waals surface area (Å²) in [5.41, 5.74) is -0.884. The molecular weight excluding hydrogens is 506 g/mol. The number of ether oxygens (including phenoxy) is 2. The van der Waals surface area contributed by atoms with E-state index in [1.807, 2.05) is 13.8 Å². The lowest BCUT2D eigenvalue weighted by Gasteiger charge is -2.38. The van der Waals surface area contributed by atoms with Crippen molar-refractivity contribution in [1.82, 2.24) is 20.9 Å². The highest BCUT2D eigenvalue weighted by atomic mass is 16.6. The number of esters is 1. The number of amides is 4. The molecule has 0 aromatic rings.